The molecule has 4 atom stereocenters. The fourth-order valence-corrected chi connectivity index (χ4v) is 5.66. The number of imide groups is 1. The highest BCUT2D eigenvalue weighted by Gasteiger charge is 2.58. The van der Waals surface area contributed by atoms with Crippen LogP contribution < -0.4 is 10.6 Å². The van der Waals surface area contributed by atoms with Gasteiger partial charge in [-0.2, -0.15) is 0 Å². The minimum absolute atomic E-state index is 0.0266. The second-order valence-electron chi connectivity index (χ2n) is 8.93. The van der Waals surface area contributed by atoms with Crippen LogP contribution in [-0.4, -0.2) is 73.4 Å². The van der Waals surface area contributed by atoms with Crippen molar-refractivity contribution in [2.24, 2.45) is 28.7 Å². The second kappa shape index (κ2) is 8.86. The number of nitrogens with zero attached hydrogens (tertiary/aromatic N) is 3. The molecule has 1 saturated heterocycles. The molecule has 1 heterocycles. The lowest BCUT2D eigenvalue weighted by Gasteiger charge is -2.23. The molecular formula is C22H35N5O2. The lowest BCUT2D eigenvalue weighted by atomic mass is 9.85. The lowest BCUT2D eigenvalue weighted by molar-refractivity contribution is -0.140. The summed E-state index contributed by atoms with van der Waals surface area (Å²) in [7, 11) is 2.19. The van der Waals surface area contributed by atoms with E-state index < -0.39 is 0 Å². The van der Waals surface area contributed by atoms with E-state index in [4.69, 9.17) is 0 Å². The van der Waals surface area contributed by atoms with Gasteiger partial charge in [-0.1, -0.05) is 25.0 Å². The minimum atomic E-state index is -0.106. The van der Waals surface area contributed by atoms with Gasteiger partial charge in [0.2, 0.25) is 11.8 Å². The maximum absolute atomic E-state index is 12.8. The van der Waals surface area contributed by atoms with Crippen LogP contribution in [0.4, 0.5) is 0 Å². The van der Waals surface area contributed by atoms with Crippen molar-refractivity contribution in [1.82, 2.24) is 20.4 Å². The van der Waals surface area contributed by atoms with Crippen molar-refractivity contribution in [1.29, 1.82) is 0 Å². The molecule has 4 unspecified atom stereocenters. The van der Waals surface area contributed by atoms with Crippen molar-refractivity contribution >= 4 is 17.8 Å². The first-order valence-electron chi connectivity index (χ1n) is 11.4. The van der Waals surface area contributed by atoms with E-state index >= 15 is 0 Å². The molecule has 29 heavy (non-hydrogen) atoms. The highest BCUT2D eigenvalue weighted by Crippen LogP contribution is 2.52. The Kier molecular flexibility index (Phi) is 6.23. The van der Waals surface area contributed by atoms with Crippen LogP contribution in [0.3, 0.4) is 0 Å². The molecule has 1 aliphatic heterocycles. The van der Waals surface area contributed by atoms with Crippen molar-refractivity contribution in [3.05, 3.63) is 12.2 Å². The van der Waals surface area contributed by atoms with Crippen LogP contribution in [-0.2, 0) is 9.59 Å². The van der Waals surface area contributed by atoms with Gasteiger partial charge in [0.15, 0.2) is 5.96 Å². The molecule has 4 rings (SSSR count). The summed E-state index contributed by atoms with van der Waals surface area (Å²) in [5.74, 6) is 1.15. The summed E-state index contributed by atoms with van der Waals surface area (Å²) in [5.41, 5.74) is 0. The van der Waals surface area contributed by atoms with E-state index in [0.717, 1.165) is 32.0 Å². The first kappa shape index (κ1) is 20.4. The Balaban J connectivity index is 1.24. The Labute approximate surface area is 174 Å². The number of amides is 2. The van der Waals surface area contributed by atoms with Crippen molar-refractivity contribution < 1.29 is 9.59 Å². The van der Waals surface area contributed by atoms with Gasteiger partial charge >= 0.3 is 0 Å². The average Bonchev–Trinajstić information content (AvgIpc) is 3.49. The predicted molar refractivity (Wildman–Crippen MR) is 113 cm³/mol. The first-order chi connectivity index (χ1) is 14.1. The van der Waals surface area contributed by atoms with Gasteiger partial charge in [-0.25, -0.2) is 0 Å². The Morgan fingerprint density at radius 1 is 1.14 bits per heavy atom. The monoisotopic (exact) mass is 401 g/mol. The normalized spacial score (nSPS) is 31.4. The molecule has 160 valence electrons. The van der Waals surface area contributed by atoms with Crippen LogP contribution in [0, 0.1) is 23.7 Å². The van der Waals surface area contributed by atoms with Gasteiger partial charge in [0.05, 0.1) is 18.4 Å². The molecule has 0 aromatic heterocycles. The van der Waals surface area contributed by atoms with E-state index in [9.17, 15) is 9.59 Å². The third-order valence-electron chi connectivity index (χ3n) is 7.20. The van der Waals surface area contributed by atoms with Crippen molar-refractivity contribution in [3.63, 3.8) is 0 Å². The fourth-order valence-electron chi connectivity index (χ4n) is 5.66. The minimum Gasteiger partial charge on any atom is -0.357 e. The highest BCUT2D eigenvalue weighted by atomic mass is 16.2. The maximum Gasteiger partial charge on any atom is 0.233 e. The third-order valence-corrected chi connectivity index (χ3v) is 7.20. The van der Waals surface area contributed by atoms with Gasteiger partial charge in [-0.15, -0.1) is 0 Å². The zero-order valence-corrected chi connectivity index (χ0v) is 17.8. The molecule has 3 fully saturated rings. The van der Waals surface area contributed by atoms with Gasteiger partial charge in [-0.3, -0.25) is 19.5 Å². The number of allylic oxidation sites excluding steroid dienone is 2. The Hall–Kier alpha value is -1.89. The van der Waals surface area contributed by atoms with Gasteiger partial charge < -0.3 is 15.5 Å². The number of carbonyl (C=O) groups is 2. The van der Waals surface area contributed by atoms with Gasteiger partial charge in [-0.05, 0) is 45.1 Å². The van der Waals surface area contributed by atoms with Crippen molar-refractivity contribution in [2.75, 3.05) is 39.8 Å². The summed E-state index contributed by atoms with van der Waals surface area (Å²) >= 11 is 0. The van der Waals surface area contributed by atoms with E-state index in [1.165, 1.54) is 30.6 Å². The molecular weight excluding hydrogens is 366 g/mol. The van der Waals surface area contributed by atoms with E-state index in [2.05, 4.69) is 39.7 Å². The zero-order chi connectivity index (χ0) is 20.4. The molecule has 3 aliphatic carbocycles. The average molecular weight is 402 g/mol. The third kappa shape index (κ3) is 4.06. The van der Waals surface area contributed by atoms with Crippen LogP contribution in [0.2, 0.25) is 0 Å². The topological polar surface area (TPSA) is 77.0 Å². The number of nitrogens with one attached hydrogen (secondary N) is 2. The van der Waals surface area contributed by atoms with Crippen LogP contribution >= 0.6 is 0 Å². The van der Waals surface area contributed by atoms with Gasteiger partial charge in [0.25, 0.3) is 0 Å². The summed E-state index contributed by atoms with van der Waals surface area (Å²) in [5, 5.41) is 6.55. The highest BCUT2D eigenvalue weighted by molar-refractivity contribution is 6.06. The zero-order valence-electron chi connectivity index (χ0n) is 17.8. The quantitative estimate of drug-likeness (QED) is 0.277. The number of aliphatic imine (C=N–C) groups is 1. The molecule has 2 N–H and O–H groups in total. The molecule has 0 aromatic rings. The molecule has 7 nitrogen and oxygen atoms in total. The van der Waals surface area contributed by atoms with Crippen LogP contribution in [0.5, 0.6) is 0 Å². The van der Waals surface area contributed by atoms with Gasteiger partial charge in [0, 0.05) is 32.2 Å². The molecule has 0 radical (unpaired) electrons. The number of fused-ring (bicyclic) bond motifs is 5. The number of likely N-dealkylation sites (N-methyl/N-ethyl adjacent to an activating group) is 1. The number of guanidine groups is 1. The Morgan fingerprint density at radius 3 is 2.41 bits per heavy atom. The number of hydrogen-bond donors (Lipinski definition) is 2. The van der Waals surface area contributed by atoms with Crippen molar-refractivity contribution in [3.8, 4) is 0 Å². The van der Waals surface area contributed by atoms with E-state index in [-0.39, 0.29) is 35.5 Å². The van der Waals surface area contributed by atoms with E-state index in [1.807, 2.05) is 6.92 Å². The molecule has 2 amide bonds. The second-order valence-corrected chi connectivity index (χ2v) is 8.93. The summed E-state index contributed by atoms with van der Waals surface area (Å²) in [6.45, 7) is 5.46. The summed E-state index contributed by atoms with van der Waals surface area (Å²) < 4.78 is 0. The Bertz CT molecular complexity index is 655. The summed E-state index contributed by atoms with van der Waals surface area (Å²) in [6.07, 6.45) is 10.5. The molecule has 0 aromatic carbocycles. The predicted octanol–water partition coefficient (Wildman–Crippen LogP) is 1.22. The van der Waals surface area contributed by atoms with Crippen LogP contribution in [0.15, 0.2) is 17.1 Å². The first-order valence-corrected chi connectivity index (χ1v) is 11.4. The molecule has 2 bridgehead atoms. The SMILES string of the molecule is CCNC(=NCCN(C)C1CCCC1)NCCN1C(=O)C2C3C=CC(C3)C2C1=O. The fraction of sp³-hybridized carbons (Fsp3) is 0.773. The number of hydrogen-bond acceptors (Lipinski definition) is 4. The summed E-state index contributed by atoms with van der Waals surface area (Å²) in [4.78, 5) is 34.1. The summed E-state index contributed by atoms with van der Waals surface area (Å²) in [6, 6.07) is 0.706. The molecule has 7 heteroatoms. The smallest absolute Gasteiger partial charge is 0.233 e. The standard InChI is InChI=1S/C22H35N5O2/c1-3-23-22(24-10-12-26(2)17-6-4-5-7-17)25-11-13-27-20(28)18-15-8-9-16(14-15)19(18)21(27)29/h8-9,15-19H,3-7,10-14H2,1-2H3,(H2,23,24,25). The van der Waals surface area contributed by atoms with Crippen LogP contribution in [0.1, 0.15) is 39.0 Å². The van der Waals surface area contributed by atoms with E-state index in [0.29, 0.717) is 19.1 Å². The van der Waals surface area contributed by atoms with Crippen LogP contribution in [0.25, 0.3) is 0 Å². The number of carbonyl (C=O) groups excluding carboxylic acids is 2. The largest absolute Gasteiger partial charge is 0.357 e. The lowest BCUT2D eigenvalue weighted by Crippen LogP contribution is -2.44. The maximum atomic E-state index is 12.8. The number of likely N-dealkylation sites (tertiary alicyclic amines) is 1. The molecule has 4 aliphatic rings. The van der Waals surface area contributed by atoms with E-state index in [1.54, 1.807) is 0 Å². The number of rotatable bonds is 8. The Morgan fingerprint density at radius 2 is 1.79 bits per heavy atom. The van der Waals surface area contributed by atoms with Gasteiger partial charge in [0.1, 0.15) is 0 Å². The van der Waals surface area contributed by atoms with Crippen molar-refractivity contribution in [2.45, 2.75) is 45.1 Å². The molecule has 0 spiro atoms. The molecule has 2 saturated carbocycles.